The minimum Gasteiger partial charge on any atom is -0.381 e. The Hall–Kier alpha value is -2.70. The van der Waals surface area contributed by atoms with Gasteiger partial charge < -0.3 is 15.4 Å². The summed E-state index contributed by atoms with van der Waals surface area (Å²) in [5.41, 5.74) is 0.0459. The van der Waals surface area contributed by atoms with Crippen LogP contribution < -0.4 is 15.6 Å². The van der Waals surface area contributed by atoms with E-state index in [0.717, 1.165) is 15.4 Å². The third-order valence-electron chi connectivity index (χ3n) is 5.93. The Morgan fingerprint density at radius 1 is 1.31 bits per heavy atom. The summed E-state index contributed by atoms with van der Waals surface area (Å²) < 4.78 is 46.0. The summed E-state index contributed by atoms with van der Waals surface area (Å²) in [6.07, 6.45) is -2.20. The van der Waals surface area contributed by atoms with Crippen molar-refractivity contribution < 1.29 is 27.5 Å². The van der Waals surface area contributed by atoms with Gasteiger partial charge in [0.15, 0.2) is 5.82 Å². The summed E-state index contributed by atoms with van der Waals surface area (Å²) >= 11 is 7.40. The molecule has 2 N–H and O–H groups in total. The largest absolute Gasteiger partial charge is 0.431 e. The quantitative estimate of drug-likeness (QED) is 0.556. The number of ether oxygens (including phenoxy) is 1. The number of methoxy groups -OCH3 is 1. The number of carbonyl (C=O) groups is 2. The number of hydrogen-bond donors (Lipinski definition) is 2. The van der Waals surface area contributed by atoms with Crippen LogP contribution in [0.3, 0.4) is 0 Å². The van der Waals surface area contributed by atoms with Gasteiger partial charge in [-0.05, 0) is 44.4 Å². The number of halogens is 4. The Bertz CT molecular complexity index is 1200. The molecule has 13 heteroatoms. The summed E-state index contributed by atoms with van der Waals surface area (Å²) in [7, 11) is 1.62. The number of nitrogens with one attached hydrogen (secondary N) is 2. The molecule has 0 fully saturated rings. The molecule has 0 saturated heterocycles. The van der Waals surface area contributed by atoms with E-state index in [-0.39, 0.29) is 33.9 Å². The fourth-order valence-corrected chi connectivity index (χ4v) is 5.76. The van der Waals surface area contributed by atoms with Crippen LogP contribution in [0.25, 0.3) is 0 Å². The number of hydrazone groups is 1. The van der Waals surface area contributed by atoms with Crippen LogP contribution in [-0.4, -0.2) is 54.0 Å². The van der Waals surface area contributed by atoms with Gasteiger partial charge in [-0.25, -0.2) is 9.99 Å². The normalized spacial score (nSPS) is 19.8. The molecule has 0 aromatic carbocycles. The second-order valence-corrected chi connectivity index (χ2v) is 10.4. The van der Waals surface area contributed by atoms with Crippen LogP contribution in [0.4, 0.5) is 24.0 Å². The average Bonchev–Trinajstić information content (AvgIpc) is 3.40. The van der Waals surface area contributed by atoms with E-state index < -0.39 is 30.3 Å². The molecule has 2 aromatic rings. The van der Waals surface area contributed by atoms with Crippen molar-refractivity contribution in [1.82, 2.24) is 10.3 Å². The number of amides is 2. The van der Waals surface area contributed by atoms with Gasteiger partial charge in [-0.1, -0.05) is 11.6 Å². The van der Waals surface area contributed by atoms with Gasteiger partial charge in [0.25, 0.3) is 5.91 Å². The Balaban J connectivity index is 1.68. The van der Waals surface area contributed by atoms with E-state index in [1.54, 1.807) is 7.11 Å². The second-order valence-electron chi connectivity index (χ2n) is 8.84. The highest BCUT2D eigenvalue weighted by Gasteiger charge is 2.46. The summed E-state index contributed by atoms with van der Waals surface area (Å²) in [4.78, 5) is 31.4. The number of hydrogen-bond acceptors (Lipinski definition) is 7. The first-order valence-corrected chi connectivity index (χ1v) is 12.5. The molecule has 0 saturated carbocycles. The number of carbonyl (C=O) groups excluding carboxylic acids is 2. The van der Waals surface area contributed by atoms with Crippen LogP contribution in [0, 0.1) is 0 Å². The topological polar surface area (TPSA) is 95.9 Å². The van der Waals surface area contributed by atoms with Crippen molar-refractivity contribution in [2.45, 2.75) is 63.9 Å². The first-order valence-electron chi connectivity index (χ1n) is 11.3. The molecule has 0 bridgehead atoms. The highest BCUT2D eigenvalue weighted by atomic mass is 35.5. The number of thiophene rings is 1. The molecule has 1 aliphatic heterocycles. The Kier molecular flexibility index (Phi) is 7.58. The molecule has 194 valence electrons. The highest BCUT2D eigenvalue weighted by molar-refractivity contribution is 7.17. The molecule has 0 spiro atoms. The third kappa shape index (κ3) is 5.35. The lowest BCUT2D eigenvalue weighted by Gasteiger charge is -2.22. The lowest BCUT2D eigenvalue weighted by molar-refractivity contribution is -0.117. The summed E-state index contributed by atoms with van der Waals surface area (Å²) in [6.45, 7) is 3.64. The van der Waals surface area contributed by atoms with E-state index >= 15 is 0 Å². The molecule has 8 nitrogen and oxygen atoms in total. The maximum absolute atomic E-state index is 13.5. The fraction of sp³-hybridized carbons (Fsp3) is 0.478. The van der Waals surface area contributed by atoms with Crippen LogP contribution in [0.15, 0.2) is 23.4 Å². The molecule has 2 unspecified atom stereocenters. The molecular formula is C23H25ClF3N5O3S. The van der Waals surface area contributed by atoms with Crippen molar-refractivity contribution in [1.29, 1.82) is 0 Å². The molecule has 0 radical (unpaired) electrons. The number of nitrogens with zero attached hydrogens (tertiary/aromatic N) is 3. The van der Waals surface area contributed by atoms with Gasteiger partial charge in [0.05, 0.1) is 16.7 Å². The number of alkyl halides is 3. The molecule has 2 aliphatic rings. The van der Waals surface area contributed by atoms with Crippen molar-refractivity contribution in [3.63, 3.8) is 0 Å². The third-order valence-corrected chi connectivity index (χ3v) is 7.40. The number of anilines is 2. The van der Waals surface area contributed by atoms with Crippen LogP contribution >= 0.6 is 22.9 Å². The summed E-state index contributed by atoms with van der Waals surface area (Å²) in [5.74, 6) is -1.16. The monoisotopic (exact) mass is 543 g/mol. The van der Waals surface area contributed by atoms with E-state index in [0.29, 0.717) is 24.8 Å². The van der Waals surface area contributed by atoms with Gasteiger partial charge in [0.1, 0.15) is 16.8 Å². The molecular weight excluding hydrogens is 519 g/mol. The minimum atomic E-state index is -4.73. The van der Waals surface area contributed by atoms with E-state index in [4.69, 9.17) is 16.3 Å². The molecule has 4 rings (SSSR count). The van der Waals surface area contributed by atoms with Gasteiger partial charge in [-0.3, -0.25) is 9.59 Å². The molecule has 1 aliphatic carbocycles. The van der Waals surface area contributed by atoms with E-state index in [1.165, 1.54) is 29.7 Å². The summed E-state index contributed by atoms with van der Waals surface area (Å²) in [5, 5.41) is 10.4. The predicted octanol–water partition coefficient (Wildman–Crippen LogP) is 4.57. The van der Waals surface area contributed by atoms with E-state index in [1.807, 2.05) is 13.8 Å². The molecule has 2 aromatic heterocycles. The van der Waals surface area contributed by atoms with E-state index in [2.05, 4.69) is 20.7 Å². The second kappa shape index (κ2) is 10.3. The highest BCUT2D eigenvalue weighted by Crippen LogP contribution is 2.40. The van der Waals surface area contributed by atoms with Crippen LogP contribution in [0.2, 0.25) is 5.02 Å². The molecule has 36 heavy (non-hydrogen) atoms. The maximum Gasteiger partial charge on any atom is 0.431 e. The Morgan fingerprint density at radius 3 is 2.69 bits per heavy atom. The first-order chi connectivity index (χ1) is 17.0. The lowest BCUT2D eigenvalue weighted by atomic mass is 9.93. The Labute approximate surface area is 214 Å². The maximum atomic E-state index is 13.5. The molecule has 2 amide bonds. The summed E-state index contributed by atoms with van der Waals surface area (Å²) in [6, 6.07) is 1.47. The van der Waals surface area contributed by atoms with E-state index in [9.17, 15) is 22.8 Å². The number of pyridine rings is 1. The number of aromatic nitrogens is 1. The lowest BCUT2D eigenvalue weighted by Crippen LogP contribution is -2.40. The zero-order valence-corrected chi connectivity index (χ0v) is 21.4. The van der Waals surface area contributed by atoms with Gasteiger partial charge in [0.2, 0.25) is 5.91 Å². The zero-order chi connectivity index (χ0) is 26.2. The number of fused-ring (bicyclic) bond motifs is 1. The van der Waals surface area contributed by atoms with Crippen molar-refractivity contribution in [3.05, 3.63) is 39.4 Å². The first kappa shape index (κ1) is 26.4. The van der Waals surface area contributed by atoms with Gasteiger partial charge >= 0.3 is 6.18 Å². The average molecular weight is 544 g/mol. The van der Waals surface area contributed by atoms with Crippen LogP contribution in [0.5, 0.6) is 0 Å². The van der Waals surface area contributed by atoms with Crippen molar-refractivity contribution in [2.24, 2.45) is 5.10 Å². The number of rotatable bonds is 6. The minimum absolute atomic E-state index is 0.0138. The molecule has 3 heterocycles. The van der Waals surface area contributed by atoms with Crippen LogP contribution in [-0.2, 0) is 22.4 Å². The Morgan fingerprint density at radius 2 is 2.06 bits per heavy atom. The van der Waals surface area contributed by atoms with Gasteiger partial charge in [0, 0.05) is 37.1 Å². The van der Waals surface area contributed by atoms with Crippen molar-refractivity contribution in [3.8, 4) is 0 Å². The smallest absolute Gasteiger partial charge is 0.381 e. The SMILES string of the molecule is COC1CCc2c(sc(NC(=O)C3CC(C(F)(F)F)=NN3c3ncccc3Cl)c2C(=O)NC(C)C)C1. The molecule has 2 atom stereocenters. The fourth-order valence-electron chi connectivity index (χ4n) is 4.24. The van der Waals surface area contributed by atoms with Crippen molar-refractivity contribution >= 4 is 51.3 Å². The van der Waals surface area contributed by atoms with Gasteiger partial charge in [-0.15, -0.1) is 11.3 Å². The zero-order valence-electron chi connectivity index (χ0n) is 19.8. The standard InChI is InChI=1S/C23H25ClF3N5O3S/c1-11(2)29-21(34)18-13-7-6-12(35-3)9-16(13)36-22(18)30-20(33)15-10-17(23(25,26)27)31-32(15)19-14(24)5-4-8-28-19/h4-5,8,11-12,15H,6-7,9-10H2,1-3H3,(H,29,34)(H,30,33). The van der Waals surface area contributed by atoms with Crippen LogP contribution in [0.1, 0.15) is 47.5 Å². The van der Waals surface area contributed by atoms with Gasteiger partial charge in [-0.2, -0.15) is 18.3 Å². The van der Waals surface area contributed by atoms with Crippen molar-refractivity contribution in [2.75, 3.05) is 17.4 Å². The predicted molar refractivity (Wildman–Crippen MR) is 132 cm³/mol.